The summed E-state index contributed by atoms with van der Waals surface area (Å²) in [7, 11) is 0. The van der Waals surface area contributed by atoms with Crippen LogP contribution in [0, 0.1) is 11.7 Å². The minimum atomic E-state index is -0.745. The number of hydrogen-bond donors (Lipinski definition) is 1. The second-order valence-electron chi connectivity index (χ2n) is 6.30. The lowest BCUT2D eigenvalue weighted by molar-refractivity contribution is -0.150. The molecule has 138 valence electrons. The Hall–Kier alpha value is -2.21. The third kappa shape index (κ3) is 5.95. The minimum Gasteiger partial charge on any atom is -0.459 e. The van der Waals surface area contributed by atoms with E-state index in [-0.39, 0.29) is 30.7 Å². The Morgan fingerprint density at radius 3 is 2.46 bits per heavy atom. The van der Waals surface area contributed by atoms with Crippen molar-refractivity contribution in [3.8, 4) is 0 Å². The number of esters is 1. The first-order chi connectivity index (χ1) is 12.4. The zero-order valence-electron chi connectivity index (χ0n) is 14.7. The van der Waals surface area contributed by atoms with Crippen LogP contribution in [-0.4, -0.2) is 17.9 Å². The molecule has 0 aliphatic rings. The van der Waals surface area contributed by atoms with E-state index in [9.17, 15) is 14.0 Å². The quantitative estimate of drug-likeness (QED) is 0.686. The van der Waals surface area contributed by atoms with Crippen LogP contribution in [-0.2, 0) is 27.4 Å². The average molecular weight is 422 g/mol. The van der Waals surface area contributed by atoms with Crippen molar-refractivity contribution in [2.45, 2.75) is 32.9 Å². The largest absolute Gasteiger partial charge is 0.459 e. The van der Waals surface area contributed by atoms with E-state index in [4.69, 9.17) is 4.74 Å². The summed E-state index contributed by atoms with van der Waals surface area (Å²) < 4.78 is 19.0. The Morgan fingerprint density at radius 2 is 1.85 bits per heavy atom. The zero-order chi connectivity index (χ0) is 19.1. The summed E-state index contributed by atoms with van der Waals surface area (Å²) in [5.74, 6) is -1.26. The summed E-state index contributed by atoms with van der Waals surface area (Å²) in [6.07, 6.45) is 0.195. The van der Waals surface area contributed by atoms with Crippen molar-refractivity contribution in [2.24, 2.45) is 5.92 Å². The van der Waals surface area contributed by atoms with Crippen LogP contribution in [0.15, 0.2) is 53.0 Å². The Bertz CT molecular complexity index is 765. The van der Waals surface area contributed by atoms with E-state index in [1.54, 1.807) is 6.07 Å². The third-order valence-electron chi connectivity index (χ3n) is 3.83. The van der Waals surface area contributed by atoms with Gasteiger partial charge in [0.05, 0.1) is 6.42 Å². The highest BCUT2D eigenvalue weighted by molar-refractivity contribution is 9.10. The van der Waals surface area contributed by atoms with E-state index in [1.807, 2.05) is 44.2 Å². The van der Waals surface area contributed by atoms with Gasteiger partial charge in [-0.2, -0.15) is 0 Å². The van der Waals surface area contributed by atoms with Crippen LogP contribution in [0.2, 0.25) is 0 Å². The molecule has 0 heterocycles. The van der Waals surface area contributed by atoms with E-state index in [1.165, 1.54) is 12.1 Å². The maximum Gasteiger partial charge on any atom is 0.329 e. The number of carbonyl (C=O) groups is 2. The van der Waals surface area contributed by atoms with Gasteiger partial charge in [0.25, 0.3) is 0 Å². The fraction of sp³-hybridized carbons (Fsp3) is 0.300. The lowest BCUT2D eigenvalue weighted by Crippen LogP contribution is -2.45. The molecule has 4 nitrogen and oxygen atoms in total. The van der Waals surface area contributed by atoms with Crippen molar-refractivity contribution >= 4 is 27.8 Å². The Morgan fingerprint density at radius 1 is 1.15 bits per heavy atom. The first-order valence-electron chi connectivity index (χ1n) is 8.30. The molecule has 1 amide bonds. The molecule has 26 heavy (non-hydrogen) atoms. The predicted octanol–water partition coefficient (Wildman–Crippen LogP) is 4.01. The maximum atomic E-state index is 13.1. The topological polar surface area (TPSA) is 55.4 Å². The molecule has 0 radical (unpaired) electrons. The van der Waals surface area contributed by atoms with Gasteiger partial charge in [-0.25, -0.2) is 9.18 Å². The molecule has 2 rings (SSSR count). The summed E-state index contributed by atoms with van der Waals surface area (Å²) in [6.45, 7) is 3.67. The summed E-state index contributed by atoms with van der Waals surface area (Å²) in [5.41, 5.74) is 1.52. The monoisotopic (exact) mass is 421 g/mol. The van der Waals surface area contributed by atoms with Gasteiger partial charge in [-0.15, -0.1) is 0 Å². The second-order valence-corrected chi connectivity index (χ2v) is 7.15. The van der Waals surface area contributed by atoms with Gasteiger partial charge in [0.15, 0.2) is 0 Å². The van der Waals surface area contributed by atoms with Crippen LogP contribution in [0.25, 0.3) is 0 Å². The molecule has 1 atom stereocenters. The van der Waals surface area contributed by atoms with Crippen LogP contribution in [0.4, 0.5) is 4.39 Å². The minimum absolute atomic E-state index is 0.00251. The lowest BCUT2D eigenvalue weighted by atomic mass is 10.0. The molecule has 0 aliphatic carbocycles. The summed E-state index contributed by atoms with van der Waals surface area (Å²) in [6, 6.07) is 12.7. The standard InChI is InChI=1S/C20H21BrFNO3/c1-13(2)19(23-18(24)10-14-6-4-3-5-7-14)20(25)26-12-15-8-9-16(22)11-17(15)21/h3-9,11,13,19H,10,12H2,1-2H3,(H,23,24)/t19-/m0/s1. The Labute approximate surface area is 160 Å². The molecule has 2 aromatic carbocycles. The number of amides is 1. The van der Waals surface area contributed by atoms with Gasteiger partial charge in [0, 0.05) is 10.0 Å². The van der Waals surface area contributed by atoms with Gasteiger partial charge >= 0.3 is 5.97 Å². The highest BCUT2D eigenvalue weighted by atomic mass is 79.9. The fourth-order valence-electron chi connectivity index (χ4n) is 2.38. The smallest absolute Gasteiger partial charge is 0.329 e. The highest BCUT2D eigenvalue weighted by Crippen LogP contribution is 2.19. The van der Waals surface area contributed by atoms with Gasteiger partial charge in [0.1, 0.15) is 18.5 Å². The molecule has 2 aromatic rings. The van der Waals surface area contributed by atoms with E-state index in [0.29, 0.717) is 10.0 Å². The molecule has 0 fully saturated rings. The van der Waals surface area contributed by atoms with E-state index >= 15 is 0 Å². The number of nitrogens with one attached hydrogen (secondary N) is 1. The van der Waals surface area contributed by atoms with Crippen LogP contribution >= 0.6 is 15.9 Å². The molecule has 0 aliphatic heterocycles. The molecule has 0 spiro atoms. The molecular formula is C20H21BrFNO3. The van der Waals surface area contributed by atoms with Crippen molar-refractivity contribution in [3.63, 3.8) is 0 Å². The molecule has 0 saturated heterocycles. The number of halogens is 2. The number of rotatable bonds is 7. The number of hydrogen-bond acceptors (Lipinski definition) is 3. The van der Waals surface area contributed by atoms with Gasteiger partial charge in [-0.3, -0.25) is 4.79 Å². The zero-order valence-corrected chi connectivity index (χ0v) is 16.3. The van der Waals surface area contributed by atoms with Crippen LogP contribution < -0.4 is 5.32 Å². The van der Waals surface area contributed by atoms with Crippen molar-refractivity contribution in [3.05, 3.63) is 69.9 Å². The van der Waals surface area contributed by atoms with Crippen LogP contribution in [0.1, 0.15) is 25.0 Å². The first kappa shape index (κ1) is 20.1. The van der Waals surface area contributed by atoms with Crippen molar-refractivity contribution in [1.82, 2.24) is 5.32 Å². The Balaban J connectivity index is 1.95. The molecular weight excluding hydrogens is 401 g/mol. The summed E-state index contributed by atoms with van der Waals surface area (Å²) >= 11 is 3.24. The normalized spacial score (nSPS) is 11.9. The van der Waals surface area contributed by atoms with Gasteiger partial charge in [-0.1, -0.05) is 66.2 Å². The van der Waals surface area contributed by atoms with Gasteiger partial charge in [0.2, 0.25) is 5.91 Å². The molecule has 0 unspecified atom stereocenters. The van der Waals surface area contributed by atoms with E-state index in [2.05, 4.69) is 21.2 Å². The van der Waals surface area contributed by atoms with Crippen molar-refractivity contribution < 1.29 is 18.7 Å². The fourth-order valence-corrected chi connectivity index (χ4v) is 2.85. The van der Waals surface area contributed by atoms with Crippen LogP contribution in [0.3, 0.4) is 0 Å². The van der Waals surface area contributed by atoms with E-state index in [0.717, 1.165) is 5.56 Å². The van der Waals surface area contributed by atoms with E-state index < -0.39 is 12.0 Å². The molecule has 0 bridgehead atoms. The molecule has 1 N–H and O–H groups in total. The second kappa shape index (κ2) is 9.48. The van der Waals surface area contributed by atoms with Crippen LogP contribution in [0.5, 0.6) is 0 Å². The van der Waals surface area contributed by atoms with Gasteiger partial charge in [-0.05, 0) is 23.6 Å². The average Bonchev–Trinajstić information content (AvgIpc) is 2.59. The summed E-state index contributed by atoms with van der Waals surface area (Å²) in [4.78, 5) is 24.6. The van der Waals surface area contributed by atoms with Gasteiger partial charge < -0.3 is 10.1 Å². The molecule has 6 heteroatoms. The number of carbonyl (C=O) groups excluding carboxylic acids is 2. The highest BCUT2D eigenvalue weighted by Gasteiger charge is 2.26. The van der Waals surface area contributed by atoms with Crippen molar-refractivity contribution in [2.75, 3.05) is 0 Å². The first-order valence-corrected chi connectivity index (χ1v) is 9.10. The lowest BCUT2D eigenvalue weighted by Gasteiger charge is -2.21. The molecule has 0 saturated carbocycles. The summed E-state index contributed by atoms with van der Waals surface area (Å²) in [5, 5.41) is 2.74. The van der Waals surface area contributed by atoms with Crippen molar-refractivity contribution in [1.29, 1.82) is 0 Å². The maximum absolute atomic E-state index is 13.1. The Kier molecular flexibility index (Phi) is 7.33. The third-order valence-corrected chi connectivity index (χ3v) is 4.57. The molecule has 0 aromatic heterocycles. The number of ether oxygens (including phenoxy) is 1. The SMILES string of the molecule is CC(C)[C@H](NC(=O)Cc1ccccc1)C(=O)OCc1ccc(F)cc1Br. The predicted molar refractivity (Wildman–Crippen MR) is 101 cm³/mol. The number of benzene rings is 2.